The van der Waals surface area contributed by atoms with Gasteiger partial charge in [0.2, 0.25) is 0 Å². The molecule has 0 radical (unpaired) electrons. The van der Waals surface area contributed by atoms with Crippen molar-refractivity contribution in [3.05, 3.63) is 0 Å². The zero-order valence-corrected chi connectivity index (χ0v) is 8.36. The molecule has 2 N–H and O–H groups in total. The van der Waals surface area contributed by atoms with Crippen LogP contribution < -0.4 is 5.73 Å². The highest BCUT2D eigenvalue weighted by molar-refractivity contribution is 5.83. The molecule has 5 nitrogen and oxygen atoms in total. The van der Waals surface area contributed by atoms with Crippen molar-refractivity contribution in [1.82, 2.24) is 5.06 Å². The Kier molecular flexibility index (Phi) is 2.47. The van der Waals surface area contributed by atoms with Crippen LogP contribution in [0.15, 0.2) is 0 Å². The number of hydrogen-bond acceptors (Lipinski definition) is 4. The Labute approximate surface area is 83.1 Å². The van der Waals surface area contributed by atoms with E-state index in [4.69, 9.17) is 15.3 Å². The van der Waals surface area contributed by atoms with E-state index < -0.39 is 5.41 Å². The van der Waals surface area contributed by atoms with E-state index in [-0.39, 0.29) is 11.9 Å². The van der Waals surface area contributed by atoms with E-state index >= 15 is 0 Å². The minimum absolute atomic E-state index is 0.0417. The highest BCUT2D eigenvalue weighted by Crippen LogP contribution is 2.30. The molecule has 0 aromatic rings. The highest BCUT2D eigenvalue weighted by atomic mass is 16.7. The number of ether oxygens (including phenoxy) is 1. The summed E-state index contributed by atoms with van der Waals surface area (Å²) in [5, 5.41) is 1.43. The van der Waals surface area contributed by atoms with E-state index in [0.717, 1.165) is 6.42 Å². The minimum atomic E-state index is -0.607. The lowest BCUT2D eigenvalue weighted by molar-refractivity contribution is -0.180. The van der Waals surface area contributed by atoms with E-state index in [1.165, 1.54) is 5.06 Å². The number of amides is 1. The molecule has 2 saturated heterocycles. The number of hydroxylamine groups is 2. The Morgan fingerprint density at radius 2 is 2.43 bits per heavy atom. The van der Waals surface area contributed by atoms with Gasteiger partial charge < -0.3 is 10.5 Å². The van der Waals surface area contributed by atoms with Crippen molar-refractivity contribution in [2.45, 2.75) is 19.4 Å². The molecule has 2 heterocycles. The summed E-state index contributed by atoms with van der Waals surface area (Å²) in [6.45, 7) is 3.98. The molecule has 14 heavy (non-hydrogen) atoms. The number of carbonyl (C=O) groups is 1. The summed E-state index contributed by atoms with van der Waals surface area (Å²) >= 11 is 0. The van der Waals surface area contributed by atoms with Crippen LogP contribution in [-0.2, 0) is 14.4 Å². The fourth-order valence-electron chi connectivity index (χ4n) is 1.80. The van der Waals surface area contributed by atoms with Gasteiger partial charge >= 0.3 is 0 Å². The molecule has 2 aliphatic rings. The smallest absolute Gasteiger partial charge is 0.256 e. The molecule has 0 saturated carbocycles. The van der Waals surface area contributed by atoms with Gasteiger partial charge in [0.15, 0.2) is 0 Å². The number of rotatable bonds is 1. The summed E-state index contributed by atoms with van der Waals surface area (Å²) in [6.07, 6.45) is 0.901. The summed E-state index contributed by atoms with van der Waals surface area (Å²) in [6, 6.07) is -0.223. The van der Waals surface area contributed by atoms with Gasteiger partial charge in [-0.2, -0.15) is 0 Å². The molecule has 2 rings (SSSR count). The molecule has 5 heteroatoms. The summed E-state index contributed by atoms with van der Waals surface area (Å²) in [5.41, 5.74) is 5.25. The van der Waals surface area contributed by atoms with Gasteiger partial charge in [-0.05, 0) is 13.3 Å². The maximum absolute atomic E-state index is 12.0. The van der Waals surface area contributed by atoms with Gasteiger partial charge in [0.05, 0.1) is 31.8 Å². The van der Waals surface area contributed by atoms with Crippen LogP contribution >= 0.6 is 0 Å². The normalized spacial score (nSPS) is 37.9. The predicted octanol–water partition coefficient (Wildman–Crippen LogP) is -0.486. The van der Waals surface area contributed by atoms with Gasteiger partial charge in [-0.15, -0.1) is 0 Å². The van der Waals surface area contributed by atoms with Gasteiger partial charge in [-0.1, -0.05) is 0 Å². The minimum Gasteiger partial charge on any atom is -0.379 e. The third-order valence-electron chi connectivity index (χ3n) is 2.99. The summed E-state index contributed by atoms with van der Waals surface area (Å²) in [4.78, 5) is 17.2. The molecule has 0 aliphatic carbocycles. The third-order valence-corrected chi connectivity index (χ3v) is 2.99. The number of nitrogens with two attached hydrogens (primary N) is 1. The van der Waals surface area contributed by atoms with E-state index in [1.54, 1.807) is 0 Å². The standard InChI is InChI=1S/C9H16N2O3/c1-9(6-13-5-7(9)10)8(12)11-3-2-4-14-11/h7H,2-6,10H2,1H3. The maximum Gasteiger partial charge on any atom is 0.256 e. The summed E-state index contributed by atoms with van der Waals surface area (Å²) in [5.74, 6) is -0.0417. The summed E-state index contributed by atoms with van der Waals surface area (Å²) < 4.78 is 5.23. The Bertz CT molecular complexity index is 240. The fourth-order valence-corrected chi connectivity index (χ4v) is 1.80. The Balaban J connectivity index is 2.08. The maximum atomic E-state index is 12.0. The van der Waals surface area contributed by atoms with Crippen molar-refractivity contribution in [3.8, 4) is 0 Å². The second-order valence-electron chi connectivity index (χ2n) is 4.13. The Morgan fingerprint density at radius 3 is 2.93 bits per heavy atom. The first-order chi connectivity index (χ1) is 6.64. The topological polar surface area (TPSA) is 64.8 Å². The quantitative estimate of drug-likeness (QED) is 0.620. The van der Waals surface area contributed by atoms with Gasteiger partial charge in [0, 0.05) is 6.04 Å². The van der Waals surface area contributed by atoms with Crippen LogP contribution in [0.5, 0.6) is 0 Å². The molecule has 2 fully saturated rings. The van der Waals surface area contributed by atoms with E-state index in [1.807, 2.05) is 6.92 Å². The van der Waals surface area contributed by atoms with Gasteiger partial charge in [0.25, 0.3) is 5.91 Å². The van der Waals surface area contributed by atoms with Crippen LogP contribution in [0.25, 0.3) is 0 Å². The van der Waals surface area contributed by atoms with Crippen molar-refractivity contribution in [2.24, 2.45) is 11.1 Å². The molecule has 80 valence electrons. The Morgan fingerprint density at radius 1 is 1.64 bits per heavy atom. The van der Waals surface area contributed by atoms with Gasteiger partial charge in [-0.25, -0.2) is 5.06 Å². The van der Waals surface area contributed by atoms with Crippen molar-refractivity contribution < 1.29 is 14.4 Å². The molecule has 0 bridgehead atoms. The molecule has 0 aromatic heterocycles. The van der Waals surface area contributed by atoms with Crippen LogP contribution in [0.3, 0.4) is 0 Å². The fraction of sp³-hybridized carbons (Fsp3) is 0.889. The lowest BCUT2D eigenvalue weighted by atomic mass is 9.85. The molecular formula is C9H16N2O3. The van der Waals surface area contributed by atoms with Crippen molar-refractivity contribution >= 4 is 5.91 Å². The van der Waals surface area contributed by atoms with Crippen molar-refractivity contribution in [1.29, 1.82) is 0 Å². The molecular weight excluding hydrogens is 184 g/mol. The van der Waals surface area contributed by atoms with Gasteiger partial charge in [-0.3, -0.25) is 9.63 Å². The third kappa shape index (κ3) is 1.41. The molecule has 2 aliphatic heterocycles. The van der Waals surface area contributed by atoms with Crippen LogP contribution in [0, 0.1) is 5.41 Å². The second kappa shape index (κ2) is 3.49. The zero-order chi connectivity index (χ0) is 10.2. The average molecular weight is 200 g/mol. The number of carbonyl (C=O) groups excluding carboxylic acids is 1. The predicted molar refractivity (Wildman–Crippen MR) is 49.2 cm³/mol. The van der Waals surface area contributed by atoms with E-state index in [0.29, 0.717) is 26.4 Å². The lowest BCUT2D eigenvalue weighted by Crippen LogP contribution is -2.50. The van der Waals surface area contributed by atoms with Gasteiger partial charge in [0.1, 0.15) is 0 Å². The van der Waals surface area contributed by atoms with Crippen LogP contribution in [-0.4, -0.2) is 43.4 Å². The number of hydrogen-bond donors (Lipinski definition) is 1. The van der Waals surface area contributed by atoms with Crippen LogP contribution in [0.1, 0.15) is 13.3 Å². The monoisotopic (exact) mass is 200 g/mol. The molecule has 2 unspecified atom stereocenters. The first-order valence-corrected chi connectivity index (χ1v) is 4.93. The number of nitrogens with zero attached hydrogens (tertiary/aromatic N) is 1. The lowest BCUT2D eigenvalue weighted by Gasteiger charge is -2.29. The van der Waals surface area contributed by atoms with Crippen molar-refractivity contribution in [2.75, 3.05) is 26.4 Å². The van der Waals surface area contributed by atoms with Crippen LogP contribution in [0.2, 0.25) is 0 Å². The zero-order valence-electron chi connectivity index (χ0n) is 8.36. The first-order valence-electron chi connectivity index (χ1n) is 4.93. The molecule has 0 spiro atoms. The molecule has 2 atom stereocenters. The van der Waals surface area contributed by atoms with E-state index in [2.05, 4.69) is 0 Å². The first kappa shape index (κ1) is 9.89. The average Bonchev–Trinajstić information content (AvgIpc) is 2.77. The van der Waals surface area contributed by atoms with E-state index in [9.17, 15) is 4.79 Å². The molecule has 0 aromatic carbocycles. The Hall–Kier alpha value is -0.650. The highest BCUT2D eigenvalue weighted by Gasteiger charge is 2.47. The SMILES string of the molecule is CC1(C(=O)N2CCCO2)COCC1N. The summed E-state index contributed by atoms with van der Waals surface area (Å²) in [7, 11) is 0. The van der Waals surface area contributed by atoms with Crippen molar-refractivity contribution in [3.63, 3.8) is 0 Å². The molecule has 1 amide bonds. The van der Waals surface area contributed by atoms with Crippen LogP contribution in [0.4, 0.5) is 0 Å². The second-order valence-corrected chi connectivity index (χ2v) is 4.13. The largest absolute Gasteiger partial charge is 0.379 e.